The van der Waals surface area contributed by atoms with Gasteiger partial charge in [-0.25, -0.2) is 4.79 Å². The Morgan fingerprint density at radius 1 is 0.731 bits per heavy atom. The maximum Gasteiger partial charge on any atom is 0.326 e. The Bertz CT molecular complexity index is 4110. The van der Waals surface area contributed by atoms with Crippen LogP contribution in [0.3, 0.4) is 0 Å². The van der Waals surface area contributed by atoms with Crippen molar-refractivity contribution in [2.24, 2.45) is 22.2 Å². The summed E-state index contributed by atoms with van der Waals surface area (Å²) in [6.45, 7) is 7.18. The zero-order valence-electron chi connectivity index (χ0n) is 58.6. The quantitative estimate of drug-likeness (QED) is 0.0113. The van der Waals surface area contributed by atoms with E-state index in [9.17, 15) is 73.2 Å². The Morgan fingerprint density at radius 3 is 2.08 bits per heavy atom. The number of benzene rings is 4. The molecular formula is C73H93N14O15S2+. The van der Waals surface area contributed by atoms with Gasteiger partial charge in [0, 0.05) is 72.1 Å². The molecule has 0 aromatic heterocycles. The number of allylic oxidation sites excluding steroid dienone is 8. The van der Waals surface area contributed by atoms with Crippen molar-refractivity contribution < 1.29 is 77.7 Å². The number of aliphatic hydroxyl groups is 1. The number of carboxylic acid groups (broad SMARTS) is 3. The van der Waals surface area contributed by atoms with E-state index in [0.717, 1.165) is 81.9 Å². The Labute approximate surface area is 609 Å². The number of carboxylic acids is 3. The van der Waals surface area contributed by atoms with E-state index in [1.54, 1.807) is 0 Å². The van der Waals surface area contributed by atoms with Crippen molar-refractivity contribution in [2.75, 3.05) is 62.3 Å². The molecule has 17 N–H and O–H groups in total. The fraction of sp³-hybridized carbons (Fsp3) is 0.438. The minimum Gasteiger partial charge on any atom is -0.481 e. The van der Waals surface area contributed by atoms with Crippen molar-refractivity contribution in [1.82, 2.24) is 42.1 Å². The lowest BCUT2D eigenvalue weighted by Crippen LogP contribution is -2.60. The summed E-state index contributed by atoms with van der Waals surface area (Å²) < 4.78 is 2.08. The second kappa shape index (κ2) is 36.9. The summed E-state index contributed by atoms with van der Waals surface area (Å²) in [5.74, 6) is -12.1. The van der Waals surface area contributed by atoms with Gasteiger partial charge in [-0.15, -0.1) is 0 Å². The fourth-order valence-corrected chi connectivity index (χ4v) is 15.9. The highest BCUT2D eigenvalue weighted by Gasteiger charge is 2.47. The van der Waals surface area contributed by atoms with Crippen molar-refractivity contribution in [3.8, 4) is 0 Å². The van der Waals surface area contributed by atoms with E-state index in [1.807, 2.05) is 96.0 Å². The average molecular weight is 1470 g/mol. The van der Waals surface area contributed by atoms with Crippen LogP contribution in [0.1, 0.15) is 103 Å². The van der Waals surface area contributed by atoms with Crippen molar-refractivity contribution in [3.05, 3.63) is 132 Å². The summed E-state index contributed by atoms with van der Waals surface area (Å²) in [4.78, 5) is 157. The number of guanidine groups is 1. The molecule has 4 aromatic rings. The normalized spacial score (nSPS) is 22.0. The number of hydrogen-bond donors (Lipinski definition) is 14. The van der Waals surface area contributed by atoms with E-state index < -0.39 is 138 Å². The molecular weight excluding hydrogens is 1380 g/mol. The molecule has 556 valence electrons. The maximum absolute atomic E-state index is 14.6. The van der Waals surface area contributed by atoms with Crippen LogP contribution in [-0.2, 0) is 63.6 Å². The predicted molar refractivity (Wildman–Crippen MR) is 397 cm³/mol. The van der Waals surface area contributed by atoms with E-state index in [2.05, 4.69) is 98.7 Å². The van der Waals surface area contributed by atoms with Gasteiger partial charge in [0.25, 0.3) is 0 Å². The largest absolute Gasteiger partial charge is 0.481 e. The van der Waals surface area contributed by atoms with Crippen LogP contribution < -0.4 is 59.3 Å². The zero-order valence-corrected chi connectivity index (χ0v) is 60.2. The summed E-state index contributed by atoms with van der Waals surface area (Å²) in [7, 11) is 1.97. The third-order valence-electron chi connectivity index (χ3n) is 18.6. The third-order valence-corrected chi connectivity index (χ3v) is 21.1. The molecule has 8 amide bonds. The molecule has 0 radical (unpaired) electrons. The number of unbranched alkanes of at least 4 members (excludes halogenated alkanes) is 1. The van der Waals surface area contributed by atoms with Crippen LogP contribution in [0, 0.1) is 0 Å². The molecule has 7 atom stereocenters. The number of carbonyl (C=O) groups excluding carboxylic acids is 8. The Morgan fingerprint density at radius 2 is 1.39 bits per heavy atom. The minimum absolute atomic E-state index is 0.0102. The summed E-state index contributed by atoms with van der Waals surface area (Å²) >= 11 is 0. The maximum atomic E-state index is 14.6. The smallest absolute Gasteiger partial charge is 0.326 e. The number of aliphatic carboxylic acids is 3. The number of nitrogens with two attached hydrogens (primary N) is 3. The number of hydrogen-bond acceptors (Lipinski definition) is 17. The highest BCUT2D eigenvalue weighted by molar-refractivity contribution is 8.76. The topological polar surface area (TPSA) is 453 Å². The van der Waals surface area contributed by atoms with Gasteiger partial charge in [-0.3, -0.25) is 52.9 Å². The molecule has 31 heteroatoms. The summed E-state index contributed by atoms with van der Waals surface area (Å²) in [6, 6.07) is 13.4. The predicted octanol–water partition coefficient (Wildman–Crippen LogP) is 2.73. The molecule has 0 aliphatic carbocycles. The monoisotopic (exact) mass is 1470 g/mol. The molecule has 4 aliphatic heterocycles. The third kappa shape index (κ3) is 20.2. The molecule has 2 saturated heterocycles. The van der Waals surface area contributed by atoms with Crippen molar-refractivity contribution in [3.63, 3.8) is 0 Å². The van der Waals surface area contributed by atoms with Crippen molar-refractivity contribution in [2.45, 2.75) is 145 Å². The molecule has 0 saturated carbocycles. The van der Waals surface area contributed by atoms with Crippen molar-refractivity contribution in [1.29, 1.82) is 0 Å². The fourth-order valence-electron chi connectivity index (χ4n) is 13.5. The second-order valence-electron chi connectivity index (χ2n) is 26.7. The van der Waals surface area contributed by atoms with Crippen LogP contribution in [0.15, 0.2) is 126 Å². The number of amides is 8. The number of aliphatic imine (C=N–C) groups is 1. The van der Waals surface area contributed by atoms with Gasteiger partial charge in [-0.05, 0) is 111 Å². The molecule has 0 bridgehead atoms. The first-order chi connectivity index (χ1) is 49.7. The van der Waals surface area contributed by atoms with Crippen LogP contribution in [0.25, 0.3) is 21.5 Å². The first-order valence-corrected chi connectivity index (χ1v) is 37.0. The van der Waals surface area contributed by atoms with Crippen LogP contribution in [0.2, 0.25) is 0 Å². The first kappa shape index (κ1) is 79.6. The number of nitrogens with zero attached hydrogens (tertiary/aromatic N) is 4. The van der Waals surface area contributed by atoms with Gasteiger partial charge in [0.2, 0.25) is 52.9 Å². The van der Waals surface area contributed by atoms with Gasteiger partial charge in [0.1, 0.15) is 48.7 Å². The molecule has 29 nitrogen and oxygen atoms in total. The van der Waals surface area contributed by atoms with E-state index >= 15 is 0 Å². The Kier molecular flexibility index (Phi) is 28.2. The number of anilines is 1. The lowest BCUT2D eigenvalue weighted by atomic mass is 9.79. The lowest BCUT2D eigenvalue weighted by Gasteiger charge is -2.30. The standard InChI is InChI=1S/C73H92N14O15S2/c1-72(2)56(25-8-6-5-7-9-26-57-73(3,4)63-46-21-13-11-19-44(46)28-30-54(63)86(57)37-32-60(91)92)85(53-29-27-43-18-10-12-20-45(43)62(53)72)36-31-58(89)80-51-41-103-104-42-52(67(98)81-48(70(101)102)22-14-15-33-74)84-68(99)55-24-17-35-87(55)69(100)50(40-88)83-66(97)49(38-61(93)94)82-65(96)47(23-16-34-77-71(75)76)79-59(90)39-78-64(51)95/h5-13,18-21,25-30,47-52,55,88H,14-17,22-24,31-42,74H2,1-4H3,(H13-,75,76,77,78,79,80,81,82,83,84,89,90,91,92,93,94,95,96,97,98,99,101,102)/p+1/t47-,48-,49-,50-,51+,52-,55?/m0/s1. The molecule has 0 spiro atoms. The van der Waals surface area contributed by atoms with Gasteiger partial charge in [-0.2, -0.15) is 4.58 Å². The number of carbonyl (C=O) groups is 11. The Balaban J connectivity index is 1.07. The molecule has 4 heterocycles. The molecule has 4 aromatic carbocycles. The van der Waals surface area contributed by atoms with Crippen molar-refractivity contribution >= 4 is 131 Å². The van der Waals surface area contributed by atoms with Crippen LogP contribution >= 0.6 is 21.6 Å². The average Bonchev–Trinajstić information content (AvgIpc) is 1.58. The number of nitrogens with one attached hydrogen (secondary N) is 7. The SMILES string of the molecule is CC1(C)C(/C=C/C=C/C=C/C=C2/N(CCC(=O)N[C@@H]3CSSC[C@@H](C(=O)N[C@@H](CCCCN)C(=O)O)NC(=O)C4CCCN4C(=O)[C@H](CO)NC(=O)[C@H](CC(=O)O)NC(=O)[C@H](CCCN=C(N)N)NC(=O)CNC3=O)c3ccc4ccccc4c3C2(C)C)=[N+](CCC(=O)O)c2ccc3ccccc3c21. The van der Waals surface area contributed by atoms with Gasteiger partial charge < -0.3 is 84.6 Å². The van der Waals surface area contributed by atoms with Gasteiger partial charge >= 0.3 is 17.9 Å². The highest BCUT2D eigenvalue weighted by atomic mass is 33.1. The molecule has 8 rings (SSSR count). The van der Waals surface area contributed by atoms with Gasteiger partial charge in [0.15, 0.2) is 18.2 Å². The first-order valence-electron chi connectivity index (χ1n) is 34.5. The summed E-state index contributed by atoms with van der Waals surface area (Å²) in [6.07, 6.45) is 13.1. The zero-order chi connectivity index (χ0) is 75.4. The van der Waals surface area contributed by atoms with Crippen LogP contribution in [-0.4, -0.2) is 206 Å². The summed E-state index contributed by atoms with van der Waals surface area (Å²) in [5.41, 5.74) is 21.4. The van der Waals surface area contributed by atoms with E-state index in [4.69, 9.17) is 17.2 Å². The van der Waals surface area contributed by atoms with Gasteiger partial charge in [0.05, 0.1) is 25.0 Å². The van der Waals surface area contributed by atoms with Crippen LogP contribution in [0.5, 0.6) is 0 Å². The number of rotatable bonds is 25. The van der Waals surface area contributed by atoms with E-state index in [1.165, 1.54) is 0 Å². The van der Waals surface area contributed by atoms with E-state index in [0.29, 0.717) is 12.8 Å². The minimum atomic E-state index is -1.92. The van der Waals surface area contributed by atoms with Crippen LogP contribution in [0.4, 0.5) is 11.4 Å². The molecule has 4 aliphatic rings. The second-order valence-corrected chi connectivity index (χ2v) is 29.2. The van der Waals surface area contributed by atoms with E-state index in [-0.39, 0.29) is 95.1 Å². The van der Waals surface area contributed by atoms with Gasteiger partial charge in [-0.1, -0.05) is 120 Å². The Hall–Kier alpha value is -10.1. The number of aliphatic hydroxyl groups excluding tert-OH is 1. The lowest BCUT2D eigenvalue weighted by molar-refractivity contribution is -0.436. The molecule has 2 fully saturated rings. The number of fused-ring (bicyclic) bond motifs is 7. The molecule has 1 unspecified atom stereocenters. The highest BCUT2D eigenvalue weighted by Crippen LogP contribution is 2.51. The molecule has 104 heavy (non-hydrogen) atoms. The summed E-state index contributed by atoms with van der Waals surface area (Å²) in [5, 5.41) is 62.0.